The van der Waals surface area contributed by atoms with E-state index in [9.17, 15) is 4.79 Å². The number of benzene rings is 4. The van der Waals surface area contributed by atoms with Crippen LogP contribution in [0.1, 0.15) is 11.1 Å². The van der Waals surface area contributed by atoms with E-state index in [0.717, 1.165) is 10.9 Å². The van der Waals surface area contributed by atoms with Crippen LogP contribution < -0.4 is 10.3 Å². The molecule has 0 fully saturated rings. The summed E-state index contributed by atoms with van der Waals surface area (Å²) in [6.45, 7) is 0.351. The van der Waals surface area contributed by atoms with Gasteiger partial charge < -0.3 is 9.15 Å². The number of aromatic nitrogens is 2. The summed E-state index contributed by atoms with van der Waals surface area (Å²) in [5.74, 6) is 1.27. The molecule has 0 unspecified atom stereocenters. The highest BCUT2D eigenvalue weighted by atomic mass is 79.9. The van der Waals surface area contributed by atoms with Gasteiger partial charge in [-0.2, -0.15) is 9.78 Å². The topological polar surface area (TPSA) is 69.6 Å². The molecular weight excluding hydrogens is 566 g/mol. The first-order chi connectivity index (χ1) is 18.6. The molecule has 6 aromatic rings. The Bertz CT molecular complexity index is 1850. The molecule has 0 radical (unpaired) electrons. The van der Waals surface area contributed by atoms with Gasteiger partial charge in [-0.25, -0.2) is 4.98 Å². The van der Waals surface area contributed by atoms with Gasteiger partial charge in [0.05, 0.1) is 21.6 Å². The summed E-state index contributed by atoms with van der Waals surface area (Å²) in [7, 11) is 0. The van der Waals surface area contributed by atoms with E-state index >= 15 is 0 Å². The van der Waals surface area contributed by atoms with E-state index in [1.165, 1.54) is 4.68 Å². The summed E-state index contributed by atoms with van der Waals surface area (Å²) in [5.41, 5.74) is 2.53. The van der Waals surface area contributed by atoms with E-state index in [0.29, 0.717) is 49.7 Å². The smallest absolute Gasteiger partial charge is 0.282 e. The van der Waals surface area contributed by atoms with E-state index in [-0.39, 0.29) is 11.4 Å². The van der Waals surface area contributed by atoms with Crippen LogP contribution in [0, 0.1) is 0 Å². The zero-order valence-corrected chi connectivity index (χ0v) is 22.2. The monoisotopic (exact) mass is 583 g/mol. The van der Waals surface area contributed by atoms with Gasteiger partial charge in [-0.15, -0.1) is 0 Å². The van der Waals surface area contributed by atoms with Crippen LogP contribution in [0.2, 0.25) is 5.02 Å². The molecule has 4 aromatic carbocycles. The van der Waals surface area contributed by atoms with Crippen LogP contribution >= 0.6 is 27.5 Å². The van der Waals surface area contributed by atoms with Gasteiger partial charge in [-0.3, -0.25) is 4.79 Å². The minimum Gasteiger partial charge on any atom is -0.487 e. The summed E-state index contributed by atoms with van der Waals surface area (Å²) < 4.78 is 14.1. The Labute approximate surface area is 230 Å². The lowest BCUT2D eigenvalue weighted by Crippen LogP contribution is -2.20. The van der Waals surface area contributed by atoms with Crippen molar-refractivity contribution < 1.29 is 9.15 Å². The first-order valence-electron chi connectivity index (χ1n) is 11.8. The van der Waals surface area contributed by atoms with Gasteiger partial charge in [-0.1, -0.05) is 72.3 Å². The summed E-state index contributed by atoms with van der Waals surface area (Å²) in [6.07, 6.45) is 1.54. The maximum atomic E-state index is 13.6. The van der Waals surface area contributed by atoms with Gasteiger partial charge in [0.25, 0.3) is 5.56 Å². The molecule has 38 heavy (non-hydrogen) atoms. The molecule has 2 heterocycles. The van der Waals surface area contributed by atoms with Crippen molar-refractivity contribution in [2.75, 3.05) is 0 Å². The van der Waals surface area contributed by atoms with Crippen LogP contribution in [0.4, 0.5) is 0 Å². The number of halogens is 2. The molecule has 6 nitrogen and oxygen atoms in total. The summed E-state index contributed by atoms with van der Waals surface area (Å²) >= 11 is 9.91. The van der Waals surface area contributed by atoms with E-state index in [1.807, 2.05) is 66.7 Å². The number of nitrogens with zero attached hydrogens (tertiary/aromatic N) is 3. The fourth-order valence-electron chi connectivity index (χ4n) is 4.16. The summed E-state index contributed by atoms with van der Waals surface area (Å²) in [4.78, 5) is 18.3. The van der Waals surface area contributed by atoms with Crippen LogP contribution in [-0.4, -0.2) is 15.9 Å². The molecule has 0 aliphatic carbocycles. The molecule has 2 aromatic heterocycles. The van der Waals surface area contributed by atoms with Crippen LogP contribution in [-0.2, 0) is 6.61 Å². The Kier molecular flexibility index (Phi) is 6.54. The van der Waals surface area contributed by atoms with Gasteiger partial charge >= 0.3 is 0 Å². The minimum absolute atomic E-state index is 0.286. The summed E-state index contributed by atoms with van der Waals surface area (Å²) in [6, 6.07) is 29.9. The highest BCUT2D eigenvalue weighted by molar-refractivity contribution is 9.10. The third-order valence-electron chi connectivity index (χ3n) is 5.98. The van der Waals surface area contributed by atoms with Crippen molar-refractivity contribution in [1.29, 1.82) is 0 Å². The fraction of sp³-hybridized carbons (Fsp3) is 0.0333. The van der Waals surface area contributed by atoms with Crippen molar-refractivity contribution in [2.24, 2.45) is 5.10 Å². The van der Waals surface area contributed by atoms with Gasteiger partial charge in [0.15, 0.2) is 5.76 Å². The van der Waals surface area contributed by atoms with Crippen molar-refractivity contribution in [3.8, 4) is 17.3 Å². The van der Waals surface area contributed by atoms with E-state index in [4.69, 9.17) is 25.7 Å². The van der Waals surface area contributed by atoms with Gasteiger partial charge in [0, 0.05) is 16.0 Å². The van der Waals surface area contributed by atoms with Crippen LogP contribution in [0.25, 0.3) is 33.5 Å². The third kappa shape index (κ3) is 4.74. The Balaban J connectivity index is 1.47. The fourth-order valence-corrected chi connectivity index (χ4v) is 5.11. The SMILES string of the molecule is O=c1c2ccccc2nc(-c2cc3ccccc3o2)n1N=Cc1cc(Cl)cc(Br)c1OCc1ccccc1. The van der Waals surface area contributed by atoms with E-state index in [2.05, 4.69) is 21.0 Å². The number of furan rings is 1. The number of ether oxygens (including phenoxy) is 1. The molecule has 0 spiro atoms. The Hall–Kier alpha value is -4.20. The average Bonchev–Trinajstić information content (AvgIpc) is 3.37. The molecule has 8 heteroatoms. The average molecular weight is 585 g/mol. The predicted molar refractivity (Wildman–Crippen MR) is 154 cm³/mol. The molecule has 186 valence electrons. The zero-order valence-electron chi connectivity index (χ0n) is 19.8. The molecule has 0 atom stereocenters. The molecule has 0 aliphatic rings. The second-order valence-electron chi connectivity index (χ2n) is 8.54. The largest absolute Gasteiger partial charge is 0.487 e. The second kappa shape index (κ2) is 10.3. The van der Waals surface area contributed by atoms with Crippen LogP contribution in [0.5, 0.6) is 5.75 Å². The highest BCUT2D eigenvalue weighted by Crippen LogP contribution is 2.33. The number of para-hydroxylation sites is 2. The molecule has 0 bridgehead atoms. The van der Waals surface area contributed by atoms with Crippen LogP contribution in [0.3, 0.4) is 0 Å². The van der Waals surface area contributed by atoms with Crippen molar-refractivity contribution in [1.82, 2.24) is 9.66 Å². The predicted octanol–water partition coefficient (Wildman–Crippen LogP) is 7.69. The molecule has 0 saturated heterocycles. The quantitative estimate of drug-likeness (QED) is 0.188. The van der Waals surface area contributed by atoms with Crippen molar-refractivity contribution >= 4 is 55.6 Å². The first-order valence-corrected chi connectivity index (χ1v) is 12.9. The summed E-state index contributed by atoms with van der Waals surface area (Å²) in [5, 5.41) is 6.40. The number of hydrogen-bond donors (Lipinski definition) is 0. The molecular formula is C30H19BrClN3O3. The molecule has 6 rings (SSSR count). The Morgan fingerprint density at radius 2 is 1.74 bits per heavy atom. The maximum absolute atomic E-state index is 13.6. The molecule has 0 amide bonds. The van der Waals surface area contributed by atoms with Gasteiger partial charge in [0.1, 0.15) is 17.9 Å². The standard InChI is InChI=1S/C30H19BrClN3O3/c31-24-16-22(32)14-21(28(24)37-18-19-8-2-1-3-9-19)17-33-35-29(27-15-20-10-4-7-13-26(20)38-27)34-25-12-6-5-11-23(25)30(35)36/h1-17H,18H2. The normalized spacial score (nSPS) is 11.5. The lowest BCUT2D eigenvalue weighted by Gasteiger charge is -2.12. The molecule has 0 aliphatic heterocycles. The Morgan fingerprint density at radius 3 is 2.58 bits per heavy atom. The zero-order chi connectivity index (χ0) is 26.1. The van der Waals surface area contributed by atoms with Gasteiger partial charge in [0.2, 0.25) is 5.82 Å². The maximum Gasteiger partial charge on any atom is 0.282 e. The van der Waals surface area contributed by atoms with E-state index < -0.39 is 0 Å². The van der Waals surface area contributed by atoms with Crippen LogP contribution in [0.15, 0.2) is 116 Å². The second-order valence-corrected chi connectivity index (χ2v) is 9.83. The molecule has 0 N–H and O–H groups in total. The van der Waals surface area contributed by atoms with Crippen molar-refractivity contribution in [3.63, 3.8) is 0 Å². The minimum atomic E-state index is -0.324. The first kappa shape index (κ1) is 24.2. The Morgan fingerprint density at radius 1 is 0.974 bits per heavy atom. The highest BCUT2D eigenvalue weighted by Gasteiger charge is 2.17. The van der Waals surface area contributed by atoms with Gasteiger partial charge in [-0.05, 0) is 57.9 Å². The van der Waals surface area contributed by atoms with E-state index in [1.54, 1.807) is 36.5 Å². The number of rotatable bonds is 6. The number of hydrogen-bond acceptors (Lipinski definition) is 5. The lowest BCUT2D eigenvalue weighted by molar-refractivity contribution is 0.304. The van der Waals surface area contributed by atoms with Crippen molar-refractivity contribution in [2.45, 2.75) is 6.61 Å². The number of fused-ring (bicyclic) bond motifs is 2. The third-order valence-corrected chi connectivity index (χ3v) is 6.78. The molecule has 0 saturated carbocycles. The lowest BCUT2D eigenvalue weighted by atomic mass is 10.2. The van der Waals surface area contributed by atoms with Crippen molar-refractivity contribution in [3.05, 3.63) is 128 Å².